The highest BCUT2D eigenvalue weighted by Crippen LogP contribution is 2.26. The summed E-state index contributed by atoms with van der Waals surface area (Å²) in [5.74, 6) is 0.447. The lowest BCUT2D eigenvalue weighted by Gasteiger charge is -2.24. The van der Waals surface area contributed by atoms with Crippen LogP contribution in [0.2, 0.25) is 5.02 Å². The minimum atomic E-state index is -1.15. The molecule has 8 heteroatoms. The van der Waals surface area contributed by atoms with Gasteiger partial charge in [0.15, 0.2) is 5.60 Å². The summed E-state index contributed by atoms with van der Waals surface area (Å²) in [6.07, 6.45) is 1.99. The monoisotopic (exact) mass is 403 g/mol. The first-order valence-electron chi connectivity index (χ1n) is 8.11. The van der Waals surface area contributed by atoms with E-state index in [1.165, 1.54) is 0 Å². The van der Waals surface area contributed by atoms with Crippen LogP contribution in [-0.2, 0) is 4.79 Å². The number of carbonyl (C=O) groups is 1. The number of ether oxygens (including phenoxy) is 1. The quantitative estimate of drug-likeness (QED) is 0.589. The number of hydrogen-bond donors (Lipinski definition) is 1. The number of amides is 1. The summed E-state index contributed by atoms with van der Waals surface area (Å²) in [4.78, 5) is 13.6. The fourth-order valence-corrected chi connectivity index (χ4v) is 2.82. The maximum Gasteiger partial charge on any atom is 0.322 e. The molecule has 0 saturated carbocycles. The molecule has 0 aliphatic carbocycles. The van der Waals surface area contributed by atoms with Crippen LogP contribution in [-0.4, -0.2) is 28.0 Å². The summed E-state index contributed by atoms with van der Waals surface area (Å²) in [7, 11) is 0. The summed E-state index contributed by atoms with van der Waals surface area (Å²) in [5.41, 5.74) is -0.368. The van der Waals surface area contributed by atoms with Gasteiger partial charge in [-0.1, -0.05) is 22.8 Å². The van der Waals surface area contributed by atoms with Gasteiger partial charge in [-0.15, -0.1) is 16.9 Å². The topological polar surface area (TPSA) is 77.2 Å². The average molecular weight is 404 g/mol. The van der Waals surface area contributed by atoms with Crippen molar-refractivity contribution in [2.45, 2.75) is 24.3 Å². The van der Waals surface area contributed by atoms with Crippen molar-refractivity contribution in [3.63, 3.8) is 0 Å². The number of halogens is 1. The first kappa shape index (κ1) is 19.3. The van der Waals surface area contributed by atoms with E-state index in [9.17, 15) is 4.79 Å². The molecule has 0 saturated heterocycles. The van der Waals surface area contributed by atoms with Crippen molar-refractivity contribution in [3.8, 4) is 17.2 Å². The highest BCUT2D eigenvalue weighted by molar-refractivity contribution is 7.98. The molecule has 3 rings (SSSR count). The molecule has 2 aromatic carbocycles. The number of benzene rings is 2. The summed E-state index contributed by atoms with van der Waals surface area (Å²) in [6.45, 7) is 3.30. The van der Waals surface area contributed by atoms with E-state index in [1.807, 2.05) is 30.5 Å². The van der Waals surface area contributed by atoms with Gasteiger partial charge in [-0.2, -0.15) is 0 Å². The number of aromatic nitrogens is 2. The Bertz CT molecular complexity index is 941. The third kappa shape index (κ3) is 4.81. The van der Waals surface area contributed by atoms with Crippen molar-refractivity contribution in [2.75, 3.05) is 11.6 Å². The van der Waals surface area contributed by atoms with Gasteiger partial charge in [0.25, 0.3) is 5.91 Å². The summed E-state index contributed by atoms with van der Waals surface area (Å²) >= 11 is 7.48. The number of rotatable bonds is 6. The van der Waals surface area contributed by atoms with Crippen LogP contribution in [0, 0.1) is 0 Å². The van der Waals surface area contributed by atoms with Crippen molar-refractivity contribution >= 4 is 35.3 Å². The Hall–Kier alpha value is -2.51. The largest absolute Gasteiger partial charge is 0.478 e. The molecule has 6 nitrogen and oxygen atoms in total. The average Bonchev–Trinajstić information content (AvgIpc) is 3.12. The zero-order valence-corrected chi connectivity index (χ0v) is 16.6. The zero-order chi connectivity index (χ0) is 19.4. The molecule has 0 radical (unpaired) electrons. The first-order valence-corrected chi connectivity index (χ1v) is 9.71. The third-order valence-electron chi connectivity index (χ3n) is 3.70. The molecule has 0 bridgehead atoms. The zero-order valence-electron chi connectivity index (χ0n) is 15.0. The molecule has 0 fully saturated rings. The smallest absolute Gasteiger partial charge is 0.322 e. The van der Waals surface area contributed by atoms with Crippen molar-refractivity contribution < 1.29 is 13.9 Å². The molecule has 1 N–H and O–H groups in total. The van der Waals surface area contributed by atoms with Gasteiger partial charge in [-0.3, -0.25) is 10.1 Å². The predicted molar refractivity (Wildman–Crippen MR) is 106 cm³/mol. The SMILES string of the molecule is CSc1cccc(-c2nnc(NC(=O)C(C)(C)Oc3ccc(Cl)cc3)o2)c1. The van der Waals surface area contributed by atoms with Crippen LogP contribution < -0.4 is 10.1 Å². The third-order valence-corrected chi connectivity index (χ3v) is 4.67. The molecule has 0 atom stereocenters. The van der Waals surface area contributed by atoms with Crippen LogP contribution in [0.25, 0.3) is 11.5 Å². The van der Waals surface area contributed by atoms with Gasteiger partial charge < -0.3 is 9.15 Å². The molecule has 3 aromatic rings. The lowest BCUT2D eigenvalue weighted by Crippen LogP contribution is -2.42. The Balaban J connectivity index is 1.70. The van der Waals surface area contributed by atoms with Crippen LogP contribution in [0.4, 0.5) is 6.01 Å². The number of carbonyl (C=O) groups excluding carboxylic acids is 1. The van der Waals surface area contributed by atoms with Crippen LogP contribution in [0.15, 0.2) is 57.8 Å². The van der Waals surface area contributed by atoms with Crippen molar-refractivity contribution in [1.82, 2.24) is 10.2 Å². The highest BCUT2D eigenvalue weighted by Gasteiger charge is 2.31. The Kier molecular flexibility index (Phi) is 5.72. The normalized spacial score (nSPS) is 11.3. The van der Waals surface area contributed by atoms with Gasteiger partial charge in [0.2, 0.25) is 5.89 Å². The van der Waals surface area contributed by atoms with Gasteiger partial charge >= 0.3 is 6.01 Å². The predicted octanol–water partition coefficient (Wildman–Crippen LogP) is 4.91. The molecule has 0 aliphatic heterocycles. The number of thioether (sulfide) groups is 1. The number of anilines is 1. The summed E-state index contributed by atoms with van der Waals surface area (Å²) in [6, 6.07) is 14.5. The molecule has 140 valence electrons. The van der Waals surface area contributed by atoms with Crippen molar-refractivity contribution in [1.29, 1.82) is 0 Å². The Labute approximate surface area is 166 Å². The first-order chi connectivity index (χ1) is 12.9. The van der Waals surface area contributed by atoms with E-state index in [2.05, 4.69) is 15.5 Å². The Morgan fingerprint density at radius 1 is 1.19 bits per heavy atom. The molecule has 1 amide bonds. The minimum absolute atomic E-state index is 0.0114. The van der Waals surface area contributed by atoms with E-state index in [-0.39, 0.29) is 6.01 Å². The second-order valence-corrected chi connectivity index (χ2v) is 7.48. The molecule has 0 aliphatic rings. The molecule has 27 heavy (non-hydrogen) atoms. The van der Waals surface area contributed by atoms with E-state index in [1.54, 1.807) is 49.9 Å². The fourth-order valence-electron chi connectivity index (χ4n) is 2.24. The van der Waals surface area contributed by atoms with Gasteiger partial charge in [0.05, 0.1) is 0 Å². The van der Waals surface area contributed by atoms with Crippen molar-refractivity contribution in [2.24, 2.45) is 0 Å². The molecular formula is C19H18ClN3O3S. The Morgan fingerprint density at radius 3 is 2.63 bits per heavy atom. The maximum atomic E-state index is 12.6. The summed E-state index contributed by atoms with van der Waals surface area (Å²) in [5, 5.41) is 11.1. The second-order valence-electron chi connectivity index (χ2n) is 6.16. The van der Waals surface area contributed by atoms with E-state index in [0.717, 1.165) is 10.5 Å². The van der Waals surface area contributed by atoms with E-state index in [0.29, 0.717) is 16.7 Å². The number of hydrogen-bond acceptors (Lipinski definition) is 6. The second kappa shape index (κ2) is 8.02. The van der Waals surface area contributed by atoms with Crippen LogP contribution in [0.5, 0.6) is 5.75 Å². The lowest BCUT2D eigenvalue weighted by atomic mass is 10.1. The number of nitrogens with one attached hydrogen (secondary N) is 1. The highest BCUT2D eigenvalue weighted by atomic mass is 35.5. The minimum Gasteiger partial charge on any atom is -0.478 e. The van der Waals surface area contributed by atoms with Gasteiger partial charge in [-0.25, -0.2) is 0 Å². The molecule has 0 unspecified atom stereocenters. The lowest BCUT2D eigenvalue weighted by molar-refractivity contribution is -0.128. The van der Waals surface area contributed by atoms with Gasteiger partial charge in [0.1, 0.15) is 5.75 Å². The Morgan fingerprint density at radius 2 is 1.93 bits per heavy atom. The molecule has 1 heterocycles. The fraction of sp³-hybridized carbons (Fsp3) is 0.211. The maximum absolute atomic E-state index is 12.6. The molecule has 1 aromatic heterocycles. The van der Waals surface area contributed by atoms with Gasteiger partial charge in [0, 0.05) is 15.5 Å². The van der Waals surface area contributed by atoms with E-state index >= 15 is 0 Å². The standard InChI is InChI=1S/C19H18ClN3O3S/c1-19(2,26-14-9-7-13(20)8-10-14)17(24)21-18-23-22-16(25-18)12-5-4-6-15(11-12)27-3/h4-11H,1-3H3,(H,21,23,24). The molecule has 0 spiro atoms. The van der Waals surface area contributed by atoms with Crippen LogP contribution in [0.1, 0.15) is 13.8 Å². The van der Waals surface area contributed by atoms with Crippen LogP contribution >= 0.6 is 23.4 Å². The van der Waals surface area contributed by atoms with Crippen molar-refractivity contribution in [3.05, 3.63) is 53.6 Å². The van der Waals surface area contributed by atoms with E-state index in [4.69, 9.17) is 20.8 Å². The molecular weight excluding hydrogens is 386 g/mol. The van der Waals surface area contributed by atoms with Gasteiger partial charge in [-0.05, 0) is 62.6 Å². The summed E-state index contributed by atoms with van der Waals surface area (Å²) < 4.78 is 11.3. The van der Waals surface area contributed by atoms with E-state index < -0.39 is 11.5 Å². The number of nitrogens with zero attached hydrogens (tertiary/aromatic N) is 2. The van der Waals surface area contributed by atoms with Crippen LogP contribution in [0.3, 0.4) is 0 Å².